The fourth-order valence-corrected chi connectivity index (χ4v) is 4.83. The van der Waals surface area contributed by atoms with Gasteiger partial charge in [-0.25, -0.2) is 4.68 Å². The first-order valence-corrected chi connectivity index (χ1v) is 12.9. The lowest BCUT2D eigenvalue weighted by Crippen LogP contribution is -2.37. The number of nitrogens with one attached hydrogen (secondary N) is 1. The molecular weight excluding hydrogens is 468 g/mol. The molecule has 37 heavy (non-hydrogen) atoms. The summed E-state index contributed by atoms with van der Waals surface area (Å²) in [6.45, 7) is 9.98. The third-order valence-corrected chi connectivity index (χ3v) is 7.38. The van der Waals surface area contributed by atoms with Gasteiger partial charge in [0.05, 0.1) is 17.1 Å². The second-order valence-electron chi connectivity index (χ2n) is 10.2. The first kappa shape index (κ1) is 25.0. The maximum Gasteiger partial charge on any atom is 0.252 e. The minimum absolute atomic E-state index is 0.0589. The predicted octanol–water partition coefficient (Wildman–Crippen LogP) is 4.58. The number of aromatic amines is 1. The fourth-order valence-electron chi connectivity index (χ4n) is 4.83. The molecule has 1 atom stereocenters. The van der Waals surface area contributed by atoms with Crippen LogP contribution in [0, 0.1) is 0 Å². The van der Waals surface area contributed by atoms with Gasteiger partial charge in [-0.15, -0.1) is 5.10 Å². The van der Waals surface area contributed by atoms with E-state index < -0.39 is 0 Å². The molecule has 0 bridgehead atoms. The molecule has 1 N–H and O–H groups in total. The van der Waals surface area contributed by atoms with Gasteiger partial charge in [-0.05, 0) is 61.2 Å². The molecule has 1 aliphatic heterocycles. The van der Waals surface area contributed by atoms with Gasteiger partial charge >= 0.3 is 0 Å². The van der Waals surface area contributed by atoms with Gasteiger partial charge in [0, 0.05) is 30.1 Å². The predicted molar refractivity (Wildman–Crippen MR) is 142 cm³/mol. The molecule has 0 saturated heterocycles. The van der Waals surface area contributed by atoms with E-state index in [1.807, 2.05) is 28.9 Å². The van der Waals surface area contributed by atoms with Gasteiger partial charge in [-0.1, -0.05) is 44.2 Å². The number of fused-ring (bicyclic) bond motifs is 2. The molecule has 0 radical (unpaired) electrons. The number of pyridine rings is 1. The van der Waals surface area contributed by atoms with Crippen LogP contribution in [-0.4, -0.2) is 43.4 Å². The molecular formula is C28H34N6O3. The van der Waals surface area contributed by atoms with Gasteiger partial charge < -0.3 is 14.5 Å². The third kappa shape index (κ3) is 5.09. The van der Waals surface area contributed by atoms with Crippen LogP contribution in [0.25, 0.3) is 10.9 Å². The number of benzene rings is 2. The van der Waals surface area contributed by atoms with E-state index in [0.29, 0.717) is 23.6 Å². The van der Waals surface area contributed by atoms with Crippen molar-refractivity contribution in [2.24, 2.45) is 0 Å². The van der Waals surface area contributed by atoms with Crippen LogP contribution >= 0.6 is 0 Å². The van der Waals surface area contributed by atoms with Crippen molar-refractivity contribution >= 4 is 10.9 Å². The molecule has 5 rings (SSSR count). The summed E-state index contributed by atoms with van der Waals surface area (Å²) in [5.41, 5.74) is 2.33. The van der Waals surface area contributed by atoms with Gasteiger partial charge in [0.2, 0.25) is 6.79 Å². The Morgan fingerprint density at radius 3 is 2.59 bits per heavy atom. The van der Waals surface area contributed by atoms with Gasteiger partial charge in [0.25, 0.3) is 5.56 Å². The van der Waals surface area contributed by atoms with Crippen LogP contribution in [0.15, 0.2) is 53.3 Å². The van der Waals surface area contributed by atoms with E-state index in [4.69, 9.17) is 9.47 Å². The van der Waals surface area contributed by atoms with E-state index in [2.05, 4.69) is 77.4 Å². The van der Waals surface area contributed by atoms with Crippen LogP contribution in [-0.2, 0) is 18.5 Å². The summed E-state index contributed by atoms with van der Waals surface area (Å²) in [6, 6.07) is 16.0. The summed E-state index contributed by atoms with van der Waals surface area (Å²) in [5, 5.41) is 13.8. The Kier molecular flexibility index (Phi) is 6.97. The molecule has 2 aromatic heterocycles. The van der Waals surface area contributed by atoms with Gasteiger partial charge in [0.1, 0.15) is 0 Å². The molecule has 0 aliphatic carbocycles. The molecule has 2 aromatic carbocycles. The van der Waals surface area contributed by atoms with Crippen LogP contribution < -0.4 is 15.0 Å². The van der Waals surface area contributed by atoms with Crippen LogP contribution in [0.2, 0.25) is 0 Å². The van der Waals surface area contributed by atoms with Gasteiger partial charge in [0.15, 0.2) is 17.3 Å². The van der Waals surface area contributed by atoms with Crippen LogP contribution in [0.5, 0.6) is 11.5 Å². The van der Waals surface area contributed by atoms with E-state index in [0.717, 1.165) is 42.5 Å². The van der Waals surface area contributed by atoms with Crippen LogP contribution in [0.1, 0.15) is 63.5 Å². The molecule has 9 nitrogen and oxygen atoms in total. The SMILES string of the molecule is CCC(c1nnnn1C(C)(C)CC)N(CCc1ccccc1)Cc1cc2cc3c(cc2[nH]c1=O)OCO3. The van der Waals surface area contributed by atoms with Crippen molar-refractivity contribution in [1.29, 1.82) is 0 Å². The molecule has 1 unspecified atom stereocenters. The van der Waals surface area contributed by atoms with Gasteiger partial charge in [-0.3, -0.25) is 9.69 Å². The highest BCUT2D eigenvalue weighted by molar-refractivity contribution is 5.83. The largest absolute Gasteiger partial charge is 0.454 e. The molecule has 9 heteroatoms. The van der Waals surface area contributed by atoms with E-state index >= 15 is 0 Å². The molecule has 0 spiro atoms. The molecule has 0 fully saturated rings. The van der Waals surface area contributed by atoms with Gasteiger partial charge in [-0.2, -0.15) is 0 Å². The lowest BCUT2D eigenvalue weighted by molar-refractivity contribution is 0.160. The number of rotatable bonds is 10. The summed E-state index contributed by atoms with van der Waals surface area (Å²) in [4.78, 5) is 18.6. The summed E-state index contributed by atoms with van der Waals surface area (Å²) >= 11 is 0. The highest BCUT2D eigenvalue weighted by Crippen LogP contribution is 2.35. The number of nitrogens with zero attached hydrogens (tertiary/aromatic N) is 5. The fraction of sp³-hybridized carbons (Fsp3) is 0.429. The lowest BCUT2D eigenvalue weighted by Gasteiger charge is -2.33. The zero-order valence-corrected chi connectivity index (χ0v) is 21.9. The first-order chi connectivity index (χ1) is 17.9. The number of hydrogen-bond acceptors (Lipinski definition) is 7. The molecule has 1 aliphatic rings. The second kappa shape index (κ2) is 10.3. The van der Waals surface area contributed by atoms with Crippen molar-refractivity contribution in [3.63, 3.8) is 0 Å². The van der Waals surface area contributed by atoms with E-state index in [1.165, 1.54) is 5.56 Å². The minimum Gasteiger partial charge on any atom is -0.454 e. The number of hydrogen-bond donors (Lipinski definition) is 1. The van der Waals surface area contributed by atoms with Crippen molar-refractivity contribution in [2.75, 3.05) is 13.3 Å². The molecule has 4 aromatic rings. The molecule has 3 heterocycles. The molecule has 0 amide bonds. The lowest BCUT2D eigenvalue weighted by atomic mass is 10.0. The smallest absolute Gasteiger partial charge is 0.252 e. The topological polar surface area (TPSA) is 98.2 Å². The summed E-state index contributed by atoms with van der Waals surface area (Å²) in [6.07, 6.45) is 2.55. The summed E-state index contributed by atoms with van der Waals surface area (Å²) in [7, 11) is 0. The summed E-state index contributed by atoms with van der Waals surface area (Å²) in [5.74, 6) is 2.17. The number of tetrazole rings is 1. The Morgan fingerprint density at radius 1 is 1.11 bits per heavy atom. The zero-order chi connectivity index (χ0) is 26.0. The highest BCUT2D eigenvalue weighted by Gasteiger charge is 2.31. The number of ether oxygens (including phenoxy) is 2. The van der Waals surface area contributed by atoms with Crippen molar-refractivity contribution in [3.8, 4) is 11.5 Å². The maximum absolute atomic E-state index is 13.2. The second-order valence-corrected chi connectivity index (χ2v) is 10.2. The average Bonchev–Trinajstić information content (AvgIpc) is 3.57. The van der Waals surface area contributed by atoms with Crippen LogP contribution in [0.4, 0.5) is 0 Å². The Bertz CT molecular complexity index is 1430. The zero-order valence-electron chi connectivity index (χ0n) is 21.9. The Labute approximate surface area is 216 Å². The third-order valence-electron chi connectivity index (χ3n) is 7.38. The van der Waals surface area contributed by atoms with Crippen molar-refractivity contribution in [3.05, 3.63) is 75.8 Å². The monoisotopic (exact) mass is 502 g/mol. The number of aromatic nitrogens is 5. The van der Waals surface area contributed by atoms with Crippen LogP contribution in [0.3, 0.4) is 0 Å². The van der Waals surface area contributed by atoms with Crippen molar-refractivity contribution < 1.29 is 9.47 Å². The quantitative estimate of drug-likeness (QED) is 0.339. The van der Waals surface area contributed by atoms with Crippen molar-refractivity contribution in [1.82, 2.24) is 30.1 Å². The minimum atomic E-state index is -0.222. The first-order valence-electron chi connectivity index (χ1n) is 12.9. The number of H-pyrrole nitrogens is 1. The molecule has 194 valence electrons. The Morgan fingerprint density at radius 2 is 1.86 bits per heavy atom. The Hall–Kier alpha value is -3.72. The molecule has 0 saturated carbocycles. The highest BCUT2D eigenvalue weighted by atomic mass is 16.7. The van der Waals surface area contributed by atoms with Crippen molar-refractivity contribution in [2.45, 2.75) is 65.1 Å². The average molecular weight is 503 g/mol. The maximum atomic E-state index is 13.2. The Balaban J connectivity index is 1.51. The van der Waals surface area contributed by atoms with E-state index in [1.54, 1.807) is 0 Å². The summed E-state index contributed by atoms with van der Waals surface area (Å²) < 4.78 is 13.0. The normalized spacial score (nSPS) is 14.0. The van der Waals surface area contributed by atoms with E-state index in [9.17, 15) is 4.79 Å². The van der Waals surface area contributed by atoms with E-state index in [-0.39, 0.29) is 23.9 Å². The standard InChI is InChI=1S/C28H34N6O3/c1-5-23(26-30-31-32-34(26)28(3,4)6-2)33(13-12-19-10-8-7-9-11-19)17-21-14-20-15-24-25(37-18-36-24)16-22(20)29-27(21)35/h7-11,14-16,23H,5-6,12-13,17-18H2,1-4H3,(H,29,35).